The smallest absolute Gasteiger partial charge is 0.123 e. The molecule has 0 radical (unpaired) electrons. The van der Waals surface area contributed by atoms with E-state index in [0.717, 1.165) is 20.8 Å². The van der Waals surface area contributed by atoms with E-state index < -0.39 is 0 Å². The van der Waals surface area contributed by atoms with E-state index in [1.54, 1.807) is 17.4 Å². The fraction of sp³-hybridized carbons (Fsp3) is 0.133. The average Bonchev–Trinajstić information content (AvgIpc) is 2.80. The molecule has 1 unspecified atom stereocenters. The highest BCUT2D eigenvalue weighted by molar-refractivity contribution is 7.18. The second kappa shape index (κ2) is 5.27. The zero-order chi connectivity index (χ0) is 13.2. The molecular weight excluding hydrogens is 281 g/mol. The minimum Gasteiger partial charge on any atom is -0.241 e. The molecule has 1 heterocycles. The third-order valence-corrected chi connectivity index (χ3v) is 4.37. The van der Waals surface area contributed by atoms with Gasteiger partial charge in [-0.25, -0.2) is 9.37 Å². The Bertz CT molecular complexity index is 677. The van der Waals surface area contributed by atoms with Gasteiger partial charge in [-0.1, -0.05) is 24.3 Å². The van der Waals surface area contributed by atoms with Crippen molar-refractivity contribution in [2.45, 2.75) is 11.8 Å². The number of fused-ring (bicyclic) bond motifs is 1. The van der Waals surface area contributed by atoms with Crippen molar-refractivity contribution < 1.29 is 4.39 Å². The van der Waals surface area contributed by atoms with Crippen LogP contribution < -0.4 is 0 Å². The number of hydrogen-bond acceptors (Lipinski definition) is 2. The lowest BCUT2D eigenvalue weighted by Crippen LogP contribution is -1.95. The minimum absolute atomic E-state index is 0.253. The SMILES string of the molecule is Fc1cccc(C(Cl)Cc2nc3ccccc3s2)c1. The molecule has 19 heavy (non-hydrogen) atoms. The molecule has 3 aromatic rings. The normalized spacial score (nSPS) is 12.7. The number of thiazole rings is 1. The zero-order valence-electron chi connectivity index (χ0n) is 10.0. The van der Waals surface area contributed by atoms with Crippen LogP contribution >= 0.6 is 22.9 Å². The van der Waals surface area contributed by atoms with E-state index in [4.69, 9.17) is 11.6 Å². The molecule has 0 amide bonds. The summed E-state index contributed by atoms with van der Waals surface area (Å²) in [5.41, 5.74) is 1.78. The summed E-state index contributed by atoms with van der Waals surface area (Å²) in [6.07, 6.45) is 0.615. The molecule has 0 saturated heterocycles. The monoisotopic (exact) mass is 291 g/mol. The van der Waals surface area contributed by atoms with Gasteiger partial charge in [-0.15, -0.1) is 22.9 Å². The summed E-state index contributed by atoms with van der Waals surface area (Å²) < 4.78 is 14.3. The number of hydrogen-bond donors (Lipinski definition) is 0. The van der Waals surface area contributed by atoms with Crippen LogP contribution in [0, 0.1) is 5.82 Å². The van der Waals surface area contributed by atoms with E-state index in [1.807, 2.05) is 30.3 Å². The summed E-state index contributed by atoms with van der Waals surface area (Å²) in [4.78, 5) is 4.54. The maximum atomic E-state index is 13.2. The molecule has 96 valence electrons. The van der Waals surface area contributed by atoms with Gasteiger partial charge >= 0.3 is 0 Å². The fourth-order valence-electron chi connectivity index (χ4n) is 1.98. The summed E-state index contributed by atoms with van der Waals surface area (Å²) in [5.74, 6) is -0.257. The third kappa shape index (κ3) is 2.77. The van der Waals surface area contributed by atoms with E-state index in [1.165, 1.54) is 12.1 Å². The van der Waals surface area contributed by atoms with E-state index in [9.17, 15) is 4.39 Å². The molecule has 3 rings (SSSR count). The number of halogens is 2. The van der Waals surface area contributed by atoms with Crippen molar-refractivity contribution in [1.82, 2.24) is 4.98 Å². The lowest BCUT2D eigenvalue weighted by atomic mass is 10.1. The highest BCUT2D eigenvalue weighted by Crippen LogP contribution is 2.29. The summed E-state index contributed by atoms with van der Waals surface area (Å²) in [6.45, 7) is 0. The topological polar surface area (TPSA) is 12.9 Å². The van der Waals surface area contributed by atoms with E-state index in [0.29, 0.717) is 6.42 Å². The van der Waals surface area contributed by atoms with Crippen LogP contribution in [-0.2, 0) is 6.42 Å². The molecule has 1 atom stereocenters. The van der Waals surface area contributed by atoms with Gasteiger partial charge in [0.05, 0.1) is 20.6 Å². The first-order valence-corrected chi connectivity index (χ1v) is 7.21. The predicted molar refractivity (Wildman–Crippen MR) is 78.3 cm³/mol. The first kappa shape index (κ1) is 12.6. The van der Waals surface area contributed by atoms with Gasteiger partial charge in [-0.2, -0.15) is 0 Å². The predicted octanol–water partition coefficient (Wildman–Crippen LogP) is 4.96. The number of para-hydroxylation sites is 1. The standard InChI is InChI=1S/C15H11ClFNS/c16-12(10-4-3-5-11(17)8-10)9-15-18-13-6-1-2-7-14(13)19-15/h1-8,12H,9H2. The molecule has 0 aliphatic heterocycles. The Balaban J connectivity index is 1.84. The second-order valence-corrected chi connectivity index (χ2v) is 5.94. The average molecular weight is 292 g/mol. The summed E-state index contributed by atoms with van der Waals surface area (Å²) in [5, 5.41) is 0.724. The van der Waals surface area contributed by atoms with Gasteiger partial charge in [-0.05, 0) is 29.8 Å². The fourth-order valence-corrected chi connectivity index (χ4v) is 3.37. The molecule has 0 fully saturated rings. The van der Waals surface area contributed by atoms with Gasteiger partial charge in [0.25, 0.3) is 0 Å². The van der Waals surface area contributed by atoms with Crippen LogP contribution in [0.2, 0.25) is 0 Å². The summed E-state index contributed by atoms with van der Waals surface area (Å²) in [7, 11) is 0. The van der Waals surface area contributed by atoms with Crippen LogP contribution in [0.3, 0.4) is 0 Å². The lowest BCUT2D eigenvalue weighted by Gasteiger charge is -2.07. The largest absolute Gasteiger partial charge is 0.241 e. The van der Waals surface area contributed by atoms with Gasteiger partial charge in [0.15, 0.2) is 0 Å². The Morgan fingerprint density at radius 3 is 2.79 bits per heavy atom. The quantitative estimate of drug-likeness (QED) is 0.622. The van der Waals surface area contributed by atoms with Crippen LogP contribution in [0.25, 0.3) is 10.2 Å². The Labute approximate surface area is 119 Å². The van der Waals surface area contributed by atoms with Crippen LogP contribution in [0.15, 0.2) is 48.5 Å². The van der Waals surface area contributed by atoms with Crippen molar-refractivity contribution in [2.75, 3.05) is 0 Å². The molecule has 2 aromatic carbocycles. The Morgan fingerprint density at radius 2 is 2.00 bits per heavy atom. The number of alkyl halides is 1. The Kier molecular flexibility index (Phi) is 3.49. The van der Waals surface area contributed by atoms with Crippen molar-refractivity contribution in [3.8, 4) is 0 Å². The van der Waals surface area contributed by atoms with Gasteiger partial charge in [0.2, 0.25) is 0 Å². The molecule has 0 aliphatic carbocycles. The maximum Gasteiger partial charge on any atom is 0.123 e. The molecule has 0 bridgehead atoms. The third-order valence-electron chi connectivity index (χ3n) is 2.90. The van der Waals surface area contributed by atoms with Gasteiger partial charge < -0.3 is 0 Å². The van der Waals surface area contributed by atoms with Crippen molar-refractivity contribution in [3.05, 3.63) is 64.9 Å². The molecule has 0 saturated carbocycles. The van der Waals surface area contributed by atoms with E-state index in [2.05, 4.69) is 4.98 Å². The van der Waals surface area contributed by atoms with Gasteiger partial charge in [-0.3, -0.25) is 0 Å². The molecule has 1 aromatic heterocycles. The summed E-state index contributed by atoms with van der Waals surface area (Å²) >= 11 is 7.98. The van der Waals surface area contributed by atoms with E-state index in [-0.39, 0.29) is 11.2 Å². The minimum atomic E-state index is -0.257. The Hall–Kier alpha value is -1.45. The number of benzene rings is 2. The highest BCUT2D eigenvalue weighted by Gasteiger charge is 2.12. The molecule has 0 N–H and O–H groups in total. The van der Waals surface area contributed by atoms with Crippen molar-refractivity contribution >= 4 is 33.2 Å². The van der Waals surface area contributed by atoms with Crippen molar-refractivity contribution in [1.29, 1.82) is 0 Å². The highest BCUT2D eigenvalue weighted by atomic mass is 35.5. The maximum absolute atomic E-state index is 13.2. The molecule has 1 nitrogen and oxygen atoms in total. The van der Waals surface area contributed by atoms with Gasteiger partial charge in [0, 0.05) is 6.42 Å². The lowest BCUT2D eigenvalue weighted by molar-refractivity contribution is 0.624. The number of rotatable bonds is 3. The number of aromatic nitrogens is 1. The number of nitrogens with zero attached hydrogens (tertiary/aromatic N) is 1. The van der Waals surface area contributed by atoms with Crippen LogP contribution in [-0.4, -0.2) is 4.98 Å². The Morgan fingerprint density at radius 1 is 1.16 bits per heavy atom. The van der Waals surface area contributed by atoms with Crippen LogP contribution in [0.5, 0.6) is 0 Å². The molecular formula is C15H11ClFNS. The van der Waals surface area contributed by atoms with Crippen LogP contribution in [0.4, 0.5) is 4.39 Å². The van der Waals surface area contributed by atoms with Crippen LogP contribution in [0.1, 0.15) is 15.9 Å². The first-order chi connectivity index (χ1) is 9.22. The molecule has 4 heteroatoms. The summed E-state index contributed by atoms with van der Waals surface area (Å²) in [6, 6.07) is 14.4. The zero-order valence-corrected chi connectivity index (χ0v) is 11.6. The molecule has 0 spiro atoms. The van der Waals surface area contributed by atoms with Gasteiger partial charge in [0.1, 0.15) is 5.82 Å². The van der Waals surface area contributed by atoms with Crippen molar-refractivity contribution in [3.63, 3.8) is 0 Å². The first-order valence-electron chi connectivity index (χ1n) is 5.96. The van der Waals surface area contributed by atoms with Crippen molar-refractivity contribution in [2.24, 2.45) is 0 Å². The van der Waals surface area contributed by atoms with E-state index >= 15 is 0 Å². The molecule has 0 aliphatic rings. The second-order valence-electron chi connectivity index (χ2n) is 4.30.